The zero-order valence-corrected chi connectivity index (χ0v) is 22.3. The minimum absolute atomic E-state index is 0.259. The summed E-state index contributed by atoms with van der Waals surface area (Å²) in [6, 6.07) is 20.9. The van der Waals surface area contributed by atoms with Gasteiger partial charge in [0.15, 0.2) is 5.75 Å². The summed E-state index contributed by atoms with van der Waals surface area (Å²) in [5.41, 5.74) is 3.92. The second kappa shape index (κ2) is 10.0. The van der Waals surface area contributed by atoms with Crippen molar-refractivity contribution in [3.05, 3.63) is 89.8 Å². The van der Waals surface area contributed by atoms with Crippen molar-refractivity contribution in [3.8, 4) is 21.9 Å². The number of rotatable bonds is 4. The fourth-order valence-corrected chi connectivity index (χ4v) is 5.59. The van der Waals surface area contributed by atoms with Crippen LogP contribution in [0.3, 0.4) is 0 Å². The van der Waals surface area contributed by atoms with Crippen molar-refractivity contribution in [3.63, 3.8) is 0 Å². The Labute approximate surface area is 221 Å². The molecule has 1 amide bonds. The predicted molar refractivity (Wildman–Crippen MR) is 149 cm³/mol. The number of hydrogen-bond donors (Lipinski definition) is 0. The molecular formula is C31H30FNO3S. The van der Waals surface area contributed by atoms with Crippen LogP contribution in [-0.2, 0) is 4.74 Å². The zero-order chi connectivity index (χ0) is 26.2. The van der Waals surface area contributed by atoms with E-state index in [9.17, 15) is 9.18 Å². The second-order valence-electron chi connectivity index (χ2n) is 10.3. The van der Waals surface area contributed by atoms with Gasteiger partial charge in [-0.25, -0.2) is 9.18 Å². The van der Waals surface area contributed by atoms with Crippen molar-refractivity contribution in [1.82, 2.24) is 4.90 Å². The molecule has 2 heterocycles. The molecule has 5 rings (SSSR count). The number of carbonyl (C=O) groups is 1. The summed E-state index contributed by atoms with van der Waals surface area (Å²) in [5.74, 6) is 1.26. The number of nitrogens with zero attached hydrogens (tertiary/aromatic N) is 1. The van der Waals surface area contributed by atoms with Gasteiger partial charge in [-0.15, -0.1) is 11.3 Å². The van der Waals surface area contributed by atoms with Crippen LogP contribution in [0.1, 0.15) is 38.3 Å². The van der Waals surface area contributed by atoms with Gasteiger partial charge in [0.05, 0.1) is 4.88 Å². The van der Waals surface area contributed by atoms with Crippen molar-refractivity contribution in [2.24, 2.45) is 0 Å². The largest absolute Gasteiger partial charge is 0.455 e. The lowest BCUT2D eigenvalue weighted by atomic mass is 9.99. The van der Waals surface area contributed by atoms with Gasteiger partial charge in [-0.3, -0.25) is 0 Å². The third-order valence-corrected chi connectivity index (χ3v) is 7.40. The maximum absolute atomic E-state index is 13.6. The third kappa shape index (κ3) is 5.70. The molecule has 1 aromatic heterocycles. The molecule has 4 aromatic rings. The molecule has 3 aromatic carbocycles. The van der Waals surface area contributed by atoms with E-state index < -0.39 is 5.60 Å². The van der Waals surface area contributed by atoms with Crippen LogP contribution < -0.4 is 4.74 Å². The van der Waals surface area contributed by atoms with Crippen LogP contribution in [0, 0.1) is 12.7 Å². The number of fused-ring (bicyclic) bond motifs is 1. The monoisotopic (exact) mass is 515 g/mol. The van der Waals surface area contributed by atoms with Crippen molar-refractivity contribution in [1.29, 1.82) is 0 Å². The first kappa shape index (κ1) is 25.0. The molecular weight excluding hydrogens is 485 g/mol. The Balaban J connectivity index is 1.37. The number of aryl methyl sites for hydroxylation is 1. The molecule has 0 spiro atoms. The van der Waals surface area contributed by atoms with Gasteiger partial charge < -0.3 is 14.4 Å². The Hall–Kier alpha value is -3.64. The summed E-state index contributed by atoms with van der Waals surface area (Å²) in [5, 5.41) is 1.04. The minimum Gasteiger partial charge on any atom is -0.455 e. The number of ether oxygens (including phenoxy) is 2. The number of carbonyl (C=O) groups excluding carboxylic acids is 1. The van der Waals surface area contributed by atoms with Crippen molar-refractivity contribution in [2.75, 3.05) is 13.1 Å². The lowest BCUT2D eigenvalue weighted by Crippen LogP contribution is -2.39. The highest BCUT2D eigenvalue weighted by molar-refractivity contribution is 7.22. The van der Waals surface area contributed by atoms with Crippen molar-refractivity contribution in [2.45, 2.75) is 39.7 Å². The molecule has 0 bridgehead atoms. The van der Waals surface area contributed by atoms with Gasteiger partial charge in [-0.2, -0.15) is 0 Å². The minimum atomic E-state index is -0.500. The molecule has 0 aliphatic carbocycles. The normalized spacial score (nSPS) is 14.0. The lowest BCUT2D eigenvalue weighted by Gasteiger charge is -2.29. The second-order valence-corrected chi connectivity index (χ2v) is 11.4. The van der Waals surface area contributed by atoms with E-state index in [0.717, 1.165) is 44.0 Å². The van der Waals surface area contributed by atoms with Gasteiger partial charge in [0.25, 0.3) is 0 Å². The lowest BCUT2D eigenvalue weighted by molar-refractivity contribution is 0.0270. The molecule has 4 nitrogen and oxygen atoms in total. The molecule has 1 aliphatic rings. The zero-order valence-electron chi connectivity index (χ0n) is 21.5. The fourth-order valence-electron chi connectivity index (χ4n) is 4.35. The summed E-state index contributed by atoms with van der Waals surface area (Å²) < 4.78 is 26.6. The summed E-state index contributed by atoms with van der Waals surface area (Å²) in [6.07, 6.45) is 2.58. The van der Waals surface area contributed by atoms with E-state index in [2.05, 4.69) is 43.3 Å². The average Bonchev–Trinajstić information content (AvgIpc) is 3.21. The Morgan fingerprint density at radius 1 is 0.973 bits per heavy atom. The summed E-state index contributed by atoms with van der Waals surface area (Å²) >= 11 is 1.65. The smallest absolute Gasteiger partial charge is 0.410 e. The Bertz CT molecular complexity index is 1460. The quantitative estimate of drug-likeness (QED) is 0.272. The molecule has 0 radical (unpaired) electrons. The van der Waals surface area contributed by atoms with Crippen LogP contribution in [0.2, 0.25) is 0 Å². The molecule has 0 N–H and O–H groups in total. The van der Waals surface area contributed by atoms with E-state index in [1.807, 2.05) is 32.9 Å². The van der Waals surface area contributed by atoms with Crippen molar-refractivity contribution >= 4 is 33.1 Å². The molecule has 0 saturated carbocycles. The highest BCUT2D eigenvalue weighted by atomic mass is 32.1. The maximum atomic E-state index is 13.6. The van der Waals surface area contributed by atoms with Crippen LogP contribution in [0.25, 0.3) is 26.1 Å². The van der Waals surface area contributed by atoms with Gasteiger partial charge in [0.2, 0.25) is 0 Å². The first-order chi connectivity index (χ1) is 17.7. The average molecular weight is 516 g/mol. The molecule has 6 heteroatoms. The maximum Gasteiger partial charge on any atom is 0.410 e. The van der Waals surface area contributed by atoms with E-state index in [-0.39, 0.29) is 11.9 Å². The fraction of sp³-hybridized carbons (Fsp3) is 0.258. The molecule has 0 fully saturated rings. The number of thiophene rings is 1. The highest BCUT2D eigenvalue weighted by Gasteiger charge is 2.24. The van der Waals surface area contributed by atoms with Crippen molar-refractivity contribution < 1.29 is 18.7 Å². The number of amides is 1. The molecule has 1 aliphatic heterocycles. The van der Waals surface area contributed by atoms with Crippen LogP contribution >= 0.6 is 11.3 Å². The van der Waals surface area contributed by atoms with Crippen LogP contribution in [-0.4, -0.2) is 29.7 Å². The topological polar surface area (TPSA) is 38.8 Å². The van der Waals surface area contributed by atoms with Gasteiger partial charge in [0, 0.05) is 23.2 Å². The van der Waals surface area contributed by atoms with Gasteiger partial charge >= 0.3 is 6.09 Å². The van der Waals surface area contributed by atoms with E-state index in [1.165, 1.54) is 23.3 Å². The standard InChI is InChI=1S/C31H30FNO3S/c1-20-5-14-26-27(19-20)37-29(23-6-10-24(32)11-7-23)28(26)35-25-12-8-21(9-13-25)22-15-17-33(18-16-22)30(34)36-31(2,3)4/h5-15,19H,16-18H2,1-4H3. The summed E-state index contributed by atoms with van der Waals surface area (Å²) in [7, 11) is 0. The number of hydrogen-bond acceptors (Lipinski definition) is 4. The Morgan fingerprint density at radius 2 is 1.68 bits per heavy atom. The van der Waals surface area contributed by atoms with Crippen LogP contribution in [0.15, 0.2) is 72.8 Å². The van der Waals surface area contributed by atoms with Gasteiger partial charge in [-0.1, -0.05) is 36.4 Å². The molecule has 0 unspecified atom stereocenters. The van der Waals surface area contributed by atoms with E-state index in [1.54, 1.807) is 28.4 Å². The Kier molecular flexibility index (Phi) is 6.78. The highest BCUT2D eigenvalue weighted by Crippen LogP contribution is 2.46. The summed E-state index contributed by atoms with van der Waals surface area (Å²) in [4.78, 5) is 15.1. The number of benzene rings is 3. The van der Waals surface area contributed by atoms with E-state index in [4.69, 9.17) is 9.47 Å². The van der Waals surface area contributed by atoms with Gasteiger partial charge in [-0.05, 0) is 92.8 Å². The molecule has 0 atom stereocenters. The molecule has 37 heavy (non-hydrogen) atoms. The molecule has 190 valence electrons. The van der Waals surface area contributed by atoms with Crippen LogP contribution in [0.4, 0.5) is 9.18 Å². The van der Waals surface area contributed by atoms with Crippen LogP contribution in [0.5, 0.6) is 11.5 Å². The van der Waals surface area contributed by atoms with E-state index >= 15 is 0 Å². The molecule has 0 saturated heterocycles. The SMILES string of the molecule is Cc1ccc2c(Oc3ccc(C4=CCN(C(=O)OC(C)(C)C)CC4)cc3)c(-c3ccc(F)cc3)sc2c1. The Morgan fingerprint density at radius 3 is 2.32 bits per heavy atom. The number of halogens is 1. The third-order valence-electron chi connectivity index (χ3n) is 6.21. The van der Waals surface area contributed by atoms with Gasteiger partial charge in [0.1, 0.15) is 17.2 Å². The first-order valence-corrected chi connectivity index (χ1v) is 13.2. The van der Waals surface area contributed by atoms with E-state index in [0.29, 0.717) is 13.1 Å². The predicted octanol–water partition coefficient (Wildman–Crippen LogP) is 8.83. The first-order valence-electron chi connectivity index (χ1n) is 12.4. The summed E-state index contributed by atoms with van der Waals surface area (Å²) in [6.45, 7) is 8.86.